The number of carbonyl (C=O) groups excluding carboxylic acids is 1. The van der Waals surface area contributed by atoms with Crippen LogP contribution in [0.3, 0.4) is 0 Å². The summed E-state index contributed by atoms with van der Waals surface area (Å²) in [4.78, 5) is 12.3. The summed E-state index contributed by atoms with van der Waals surface area (Å²) >= 11 is 9.24. The number of nitrogens with two attached hydrogens (primary N) is 1. The summed E-state index contributed by atoms with van der Waals surface area (Å²) in [5.41, 5.74) is 5.25. The minimum atomic E-state index is -0.870. The highest BCUT2D eigenvalue weighted by molar-refractivity contribution is 9.10. The van der Waals surface area contributed by atoms with Gasteiger partial charge in [-0.25, -0.2) is 0 Å². The van der Waals surface area contributed by atoms with Crippen LogP contribution in [0.4, 0.5) is 0 Å². The van der Waals surface area contributed by atoms with Gasteiger partial charge in [0.05, 0.1) is 5.02 Å². The highest BCUT2D eigenvalue weighted by Crippen LogP contribution is 2.24. The van der Waals surface area contributed by atoms with E-state index in [0.29, 0.717) is 27.9 Å². The van der Waals surface area contributed by atoms with Crippen LogP contribution < -0.4 is 11.1 Å². The molecule has 0 spiro atoms. The molecule has 0 heterocycles. The maximum atomic E-state index is 12.3. The molecular formula is C13H17BrClN3O2. The van der Waals surface area contributed by atoms with Gasteiger partial charge in [0, 0.05) is 10.0 Å². The first kappa shape index (κ1) is 16.8. The van der Waals surface area contributed by atoms with Crippen LogP contribution in [0.1, 0.15) is 37.0 Å². The van der Waals surface area contributed by atoms with Crippen LogP contribution in [0, 0.1) is 0 Å². The molecule has 0 aliphatic carbocycles. The average Bonchev–Trinajstić information content (AvgIpc) is 2.46. The van der Waals surface area contributed by atoms with Gasteiger partial charge in [-0.3, -0.25) is 4.79 Å². The smallest absolute Gasteiger partial charge is 0.252 e. The topological polar surface area (TPSA) is 87.7 Å². The van der Waals surface area contributed by atoms with Crippen LogP contribution in [0.5, 0.6) is 0 Å². The molecule has 0 aliphatic heterocycles. The second-order valence-corrected chi connectivity index (χ2v) is 5.62. The minimum absolute atomic E-state index is 0.0148. The van der Waals surface area contributed by atoms with E-state index in [2.05, 4.69) is 26.4 Å². The summed E-state index contributed by atoms with van der Waals surface area (Å²) in [5.74, 6) is -0.339. The molecule has 0 aliphatic rings. The van der Waals surface area contributed by atoms with Crippen molar-refractivity contribution >= 4 is 39.3 Å². The Balaban J connectivity index is 3.05. The van der Waals surface area contributed by atoms with Gasteiger partial charge in [0.25, 0.3) is 5.91 Å². The van der Waals surface area contributed by atoms with Crippen molar-refractivity contribution in [1.82, 2.24) is 5.32 Å². The molecule has 1 aromatic carbocycles. The van der Waals surface area contributed by atoms with Crippen molar-refractivity contribution in [2.45, 2.75) is 32.2 Å². The largest absolute Gasteiger partial charge is 0.409 e. The van der Waals surface area contributed by atoms with Gasteiger partial charge in [-0.15, -0.1) is 0 Å². The Morgan fingerprint density at radius 3 is 2.55 bits per heavy atom. The third-order valence-electron chi connectivity index (χ3n) is 3.34. The normalized spacial score (nSPS) is 12.3. The van der Waals surface area contributed by atoms with E-state index in [1.165, 1.54) is 0 Å². The molecule has 0 fully saturated rings. The number of carbonyl (C=O) groups is 1. The fourth-order valence-corrected chi connectivity index (χ4v) is 2.30. The van der Waals surface area contributed by atoms with Crippen molar-refractivity contribution in [1.29, 1.82) is 0 Å². The lowest BCUT2D eigenvalue weighted by molar-refractivity contribution is 0.0918. The number of rotatable bonds is 5. The molecule has 20 heavy (non-hydrogen) atoms. The van der Waals surface area contributed by atoms with Crippen LogP contribution in [-0.4, -0.2) is 22.5 Å². The number of amides is 1. The number of hydrogen-bond acceptors (Lipinski definition) is 3. The van der Waals surface area contributed by atoms with Crippen molar-refractivity contribution in [3.8, 4) is 0 Å². The Labute approximate surface area is 131 Å². The van der Waals surface area contributed by atoms with Crippen molar-refractivity contribution in [2.24, 2.45) is 10.9 Å². The second-order valence-electron chi connectivity index (χ2n) is 4.36. The highest BCUT2D eigenvalue weighted by Gasteiger charge is 2.33. The number of benzene rings is 1. The predicted octanol–water partition coefficient (Wildman–Crippen LogP) is 3.14. The maximum Gasteiger partial charge on any atom is 0.252 e. The van der Waals surface area contributed by atoms with E-state index in [-0.39, 0.29) is 11.7 Å². The molecule has 1 rings (SSSR count). The van der Waals surface area contributed by atoms with Crippen LogP contribution >= 0.6 is 27.5 Å². The Kier molecular flexibility index (Phi) is 5.83. The van der Waals surface area contributed by atoms with Gasteiger partial charge in [-0.1, -0.05) is 30.6 Å². The highest BCUT2D eigenvalue weighted by atomic mass is 79.9. The van der Waals surface area contributed by atoms with E-state index < -0.39 is 5.54 Å². The van der Waals surface area contributed by atoms with Crippen molar-refractivity contribution in [3.05, 3.63) is 33.3 Å². The summed E-state index contributed by atoms with van der Waals surface area (Å²) in [6, 6.07) is 4.90. The monoisotopic (exact) mass is 361 g/mol. The number of nitrogens with zero attached hydrogens (tertiary/aromatic N) is 1. The maximum absolute atomic E-state index is 12.3. The molecule has 110 valence electrons. The first-order chi connectivity index (χ1) is 9.40. The summed E-state index contributed by atoms with van der Waals surface area (Å²) in [5, 5.41) is 15.2. The van der Waals surface area contributed by atoms with E-state index in [0.717, 1.165) is 0 Å². The zero-order valence-electron chi connectivity index (χ0n) is 11.3. The van der Waals surface area contributed by atoms with Gasteiger partial charge >= 0.3 is 0 Å². The van der Waals surface area contributed by atoms with Gasteiger partial charge in [0.2, 0.25) is 0 Å². The molecule has 0 atom stereocenters. The number of hydrogen-bond donors (Lipinski definition) is 3. The minimum Gasteiger partial charge on any atom is -0.409 e. The molecule has 4 N–H and O–H groups in total. The number of oxime groups is 1. The Morgan fingerprint density at radius 1 is 1.50 bits per heavy atom. The molecular weight excluding hydrogens is 346 g/mol. The Morgan fingerprint density at radius 2 is 2.10 bits per heavy atom. The molecule has 0 bridgehead atoms. The lowest BCUT2D eigenvalue weighted by atomic mass is 9.91. The Hall–Kier alpha value is -1.27. The zero-order chi connectivity index (χ0) is 15.3. The molecule has 0 saturated heterocycles. The fraction of sp³-hybridized carbons (Fsp3) is 0.385. The lowest BCUT2D eigenvalue weighted by Crippen LogP contribution is -2.56. The first-order valence-electron chi connectivity index (χ1n) is 6.15. The summed E-state index contributed by atoms with van der Waals surface area (Å²) < 4.78 is 0.712. The SMILES string of the molecule is CCC(CC)(NC(=O)c1ccc(Br)c(Cl)c1)/C(N)=N/O. The molecule has 5 nitrogen and oxygen atoms in total. The molecule has 7 heteroatoms. The van der Waals surface area contributed by atoms with E-state index in [1.807, 2.05) is 13.8 Å². The number of amidine groups is 1. The van der Waals surface area contributed by atoms with E-state index >= 15 is 0 Å². The zero-order valence-corrected chi connectivity index (χ0v) is 13.6. The average molecular weight is 363 g/mol. The van der Waals surface area contributed by atoms with Gasteiger partial charge in [-0.2, -0.15) is 0 Å². The summed E-state index contributed by atoms with van der Waals surface area (Å²) in [6.45, 7) is 3.72. The predicted molar refractivity (Wildman–Crippen MR) is 83.3 cm³/mol. The van der Waals surface area contributed by atoms with Gasteiger partial charge in [0.15, 0.2) is 5.84 Å². The molecule has 0 unspecified atom stereocenters. The van der Waals surface area contributed by atoms with Crippen LogP contribution in [0.15, 0.2) is 27.8 Å². The van der Waals surface area contributed by atoms with E-state index in [9.17, 15) is 4.79 Å². The van der Waals surface area contributed by atoms with Crippen LogP contribution in [0.25, 0.3) is 0 Å². The molecule has 0 radical (unpaired) electrons. The fourth-order valence-electron chi connectivity index (χ4n) is 1.88. The van der Waals surface area contributed by atoms with E-state index in [4.69, 9.17) is 22.5 Å². The van der Waals surface area contributed by atoms with Crippen molar-refractivity contribution in [2.75, 3.05) is 0 Å². The quantitative estimate of drug-likeness (QED) is 0.325. The Bertz CT molecular complexity index is 530. The third kappa shape index (κ3) is 3.43. The molecule has 1 aromatic rings. The van der Waals surface area contributed by atoms with E-state index in [1.54, 1.807) is 18.2 Å². The van der Waals surface area contributed by atoms with Gasteiger partial charge in [0.1, 0.15) is 5.54 Å². The molecule has 1 amide bonds. The molecule has 0 saturated carbocycles. The number of nitrogens with one attached hydrogen (secondary N) is 1. The van der Waals surface area contributed by atoms with Crippen LogP contribution in [-0.2, 0) is 0 Å². The number of halogens is 2. The lowest BCUT2D eigenvalue weighted by Gasteiger charge is -2.31. The third-order valence-corrected chi connectivity index (χ3v) is 4.57. The summed E-state index contributed by atoms with van der Waals surface area (Å²) in [6.07, 6.45) is 1.02. The van der Waals surface area contributed by atoms with Crippen LogP contribution in [0.2, 0.25) is 5.02 Å². The second kappa shape index (κ2) is 6.95. The first-order valence-corrected chi connectivity index (χ1v) is 7.32. The molecule has 0 aromatic heterocycles. The van der Waals surface area contributed by atoms with Crippen molar-refractivity contribution < 1.29 is 10.0 Å². The van der Waals surface area contributed by atoms with Crippen molar-refractivity contribution in [3.63, 3.8) is 0 Å². The van der Waals surface area contributed by atoms with Gasteiger partial charge in [-0.05, 0) is 47.0 Å². The summed E-state index contributed by atoms with van der Waals surface area (Å²) in [7, 11) is 0. The van der Waals surface area contributed by atoms with Gasteiger partial charge < -0.3 is 16.3 Å². The standard InChI is InChI=1S/C13H17BrClN3O2/c1-3-13(4-2,12(16)18-20)17-11(19)8-5-6-9(14)10(15)7-8/h5-7,20H,3-4H2,1-2H3,(H2,16,18)(H,17,19).